The monoisotopic (exact) mass is 270 g/mol. The highest BCUT2D eigenvalue weighted by Crippen LogP contribution is 2.20. The number of nitrogens with two attached hydrogens (primary N) is 1. The standard InChI is InChI=1S/C14H11FN4O/c15-8-2-1-3-10(6-8)17-14(20)13-11-7-9(16)4-5-12(11)18-19-13/h1-7H,16H2,(H,17,20)(H,18,19). The van der Waals surface area contributed by atoms with Gasteiger partial charge in [-0.05, 0) is 36.4 Å². The third-order valence-electron chi connectivity index (χ3n) is 2.88. The number of H-pyrrole nitrogens is 1. The molecule has 2 aromatic carbocycles. The molecule has 3 aromatic rings. The highest BCUT2D eigenvalue weighted by atomic mass is 19.1. The Bertz CT molecular complexity index is 797. The Labute approximate surface area is 113 Å². The third-order valence-corrected chi connectivity index (χ3v) is 2.88. The largest absolute Gasteiger partial charge is 0.399 e. The average Bonchev–Trinajstić information content (AvgIpc) is 2.81. The van der Waals surface area contributed by atoms with Crippen molar-refractivity contribution in [2.75, 3.05) is 11.1 Å². The molecule has 0 atom stereocenters. The summed E-state index contributed by atoms with van der Waals surface area (Å²) in [5.74, 6) is -0.841. The van der Waals surface area contributed by atoms with Crippen molar-refractivity contribution < 1.29 is 9.18 Å². The smallest absolute Gasteiger partial charge is 0.276 e. The number of aromatic nitrogens is 2. The summed E-state index contributed by atoms with van der Waals surface area (Å²) >= 11 is 0. The van der Waals surface area contributed by atoms with Gasteiger partial charge >= 0.3 is 0 Å². The number of carbonyl (C=O) groups excluding carboxylic acids is 1. The minimum Gasteiger partial charge on any atom is -0.399 e. The first-order chi connectivity index (χ1) is 9.63. The van der Waals surface area contributed by atoms with E-state index in [0.717, 1.165) is 0 Å². The van der Waals surface area contributed by atoms with Crippen LogP contribution < -0.4 is 11.1 Å². The third kappa shape index (κ3) is 2.18. The van der Waals surface area contributed by atoms with Crippen molar-refractivity contribution in [3.63, 3.8) is 0 Å². The van der Waals surface area contributed by atoms with Gasteiger partial charge in [-0.2, -0.15) is 5.10 Å². The normalized spacial score (nSPS) is 10.7. The first-order valence-corrected chi connectivity index (χ1v) is 5.94. The summed E-state index contributed by atoms with van der Waals surface area (Å²) in [5, 5.41) is 9.94. The second-order valence-corrected chi connectivity index (χ2v) is 4.34. The van der Waals surface area contributed by atoms with Crippen molar-refractivity contribution in [1.82, 2.24) is 10.2 Å². The maximum absolute atomic E-state index is 13.1. The number of fused-ring (bicyclic) bond motifs is 1. The number of aromatic amines is 1. The molecule has 0 radical (unpaired) electrons. The number of rotatable bonds is 2. The number of carbonyl (C=O) groups is 1. The van der Waals surface area contributed by atoms with E-state index in [4.69, 9.17) is 5.73 Å². The maximum atomic E-state index is 13.1. The van der Waals surface area contributed by atoms with Gasteiger partial charge in [-0.3, -0.25) is 9.89 Å². The molecule has 0 bridgehead atoms. The molecule has 0 aliphatic rings. The molecule has 1 amide bonds. The second-order valence-electron chi connectivity index (χ2n) is 4.34. The molecule has 20 heavy (non-hydrogen) atoms. The van der Waals surface area contributed by atoms with E-state index < -0.39 is 11.7 Å². The van der Waals surface area contributed by atoms with Crippen LogP contribution >= 0.6 is 0 Å². The van der Waals surface area contributed by atoms with E-state index in [1.807, 2.05) is 0 Å². The van der Waals surface area contributed by atoms with Crippen molar-refractivity contribution in [3.8, 4) is 0 Å². The molecule has 1 heterocycles. The van der Waals surface area contributed by atoms with Gasteiger partial charge in [0.1, 0.15) is 5.82 Å². The number of hydrogen-bond donors (Lipinski definition) is 3. The maximum Gasteiger partial charge on any atom is 0.276 e. The Morgan fingerprint density at radius 2 is 2.10 bits per heavy atom. The quantitative estimate of drug-likeness (QED) is 0.626. The fourth-order valence-corrected chi connectivity index (χ4v) is 1.96. The zero-order chi connectivity index (χ0) is 14.1. The lowest BCUT2D eigenvalue weighted by molar-refractivity contribution is 0.102. The van der Waals surface area contributed by atoms with Crippen molar-refractivity contribution in [2.24, 2.45) is 0 Å². The van der Waals surface area contributed by atoms with Gasteiger partial charge in [0.05, 0.1) is 5.52 Å². The zero-order valence-electron chi connectivity index (χ0n) is 10.4. The number of anilines is 2. The molecule has 0 saturated heterocycles. The van der Waals surface area contributed by atoms with Gasteiger partial charge in [0.25, 0.3) is 5.91 Å². The lowest BCUT2D eigenvalue weighted by Gasteiger charge is -2.03. The van der Waals surface area contributed by atoms with E-state index in [2.05, 4.69) is 15.5 Å². The first-order valence-electron chi connectivity index (χ1n) is 5.94. The Balaban J connectivity index is 1.94. The van der Waals surface area contributed by atoms with Crippen LogP contribution in [-0.4, -0.2) is 16.1 Å². The molecule has 0 unspecified atom stereocenters. The van der Waals surface area contributed by atoms with Gasteiger partial charge in [0.2, 0.25) is 0 Å². The topological polar surface area (TPSA) is 83.8 Å². The number of nitrogen functional groups attached to an aromatic ring is 1. The van der Waals surface area contributed by atoms with Gasteiger partial charge in [-0.25, -0.2) is 4.39 Å². The van der Waals surface area contributed by atoms with Gasteiger partial charge < -0.3 is 11.1 Å². The summed E-state index contributed by atoms with van der Waals surface area (Å²) in [6.07, 6.45) is 0. The van der Waals surface area contributed by atoms with Crippen molar-refractivity contribution in [3.05, 3.63) is 54.0 Å². The zero-order valence-corrected chi connectivity index (χ0v) is 10.4. The molecular formula is C14H11FN4O. The molecule has 6 heteroatoms. The first kappa shape index (κ1) is 12.2. The Kier molecular flexibility index (Phi) is 2.83. The summed E-state index contributed by atoms with van der Waals surface area (Å²) < 4.78 is 13.1. The molecule has 0 saturated carbocycles. The van der Waals surface area contributed by atoms with Crippen molar-refractivity contribution >= 4 is 28.2 Å². The average molecular weight is 270 g/mol. The SMILES string of the molecule is Nc1ccc2[nH]nc(C(=O)Nc3cccc(F)c3)c2c1. The molecular weight excluding hydrogens is 259 g/mol. The predicted octanol–water partition coefficient (Wildman–Crippen LogP) is 2.54. The molecule has 0 aliphatic carbocycles. The summed E-state index contributed by atoms with van der Waals surface area (Å²) in [4.78, 5) is 12.2. The van der Waals surface area contributed by atoms with E-state index in [0.29, 0.717) is 22.3 Å². The Hall–Kier alpha value is -2.89. The van der Waals surface area contributed by atoms with E-state index >= 15 is 0 Å². The summed E-state index contributed by atoms with van der Waals surface area (Å²) in [7, 11) is 0. The van der Waals surface area contributed by atoms with Crippen molar-refractivity contribution in [2.45, 2.75) is 0 Å². The fourth-order valence-electron chi connectivity index (χ4n) is 1.96. The molecule has 0 spiro atoms. The summed E-state index contributed by atoms with van der Waals surface area (Å²) in [6.45, 7) is 0. The highest BCUT2D eigenvalue weighted by molar-refractivity contribution is 6.11. The molecule has 5 nitrogen and oxygen atoms in total. The molecule has 4 N–H and O–H groups in total. The molecule has 3 rings (SSSR count). The minimum absolute atomic E-state index is 0.219. The second kappa shape index (κ2) is 4.65. The van der Waals surface area contributed by atoms with Gasteiger partial charge in [0.15, 0.2) is 5.69 Å². The molecule has 100 valence electrons. The van der Waals surface area contributed by atoms with Crippen LogP contribution in [0.15, 0.2) is 42.5 Å². The fraction of sp³-hybridized carbons (Fsp3) is 0. The molecule has 0 aliphatic heterocycles. The van der Waals surface area contributed by atoms with Crippen LogP contribution in [0.25, 0.3) is 10.9 Å². The lowest BCUT2D eigenvalue weighted by Crippen LogP contribution is -2.12. The summed E-state index contributed by atoms with van der Waals surface area (Å²) in [5.41, 5.74) is 7.54. The predicted molar refractivity (Wildman–Crippen MR) is 74.9 cm³/mol. The Morgan fingerprint density at radius 1 is 1.25 bits per heavy atom. The van der Waals surface area contributed by atoms with Gasteiger partial charge in [0, 0.05) is 16.8 Å². The van der Waals surface area contributed by atoms with Crippen LogP contribution in [0.2, 0.25) is 0 Å². The number of amides is 1. The summed E-state index contributed by atoms with van der Waals surface area (Å²) in [6, 6.07) is 10.8. The molecule has 1 aromatic heterocycles. The molecule has 0 fully saturated rings. The van der Waals surface area contributed by atoms with Crippen LogP contribution in [0.1, 0.15) is 10.5 Å². The van der Waals surface area contributed by atoms with Crippen LogP contribution in [0.5, 0.6) is 0 Å². The highest BCUT2D eigenvalue weighted by Gasteiger charge is 2.14. The van der Waals surface area contributed by atoms with E-state index in [1.165, 1.54) is 18.2 Å². The van der Waals surface area contributed by atoms with Gasteiger partial charge in [-0.15, -0.1) is 0 Å². The van der Waals surface area contributed by atoms with Crippen molar-refractivity contribution in [1.29, 1.82) is 0 Å². The number of nitrogens with zero attached hydrogens (tertiary/aromatic N) is 1. The Morgan fingerprint density at radius 3 is 2.90 bits per heavy atom. The van der Waals surface area contributed by atoms with E-state index in [-0.39, 0.29) is 5.69 Å². The number of halogens is 1. The van der Waals surface area contributed by atoms with E-state index in [1.54, 1.807) is 24.3 Å². The van der Waals surface area contributed by atoms with Crippen LogP contribution in [0.4, 0.5) is 15.8 Å². The number of benzene rings is 2. The number of nitrogens with one attached hydrogen (secondary N) is 2. The van der Waals surface area contributed by atoms with Gasteiger partial charge in [-0.1, -0.05) is 6.07 Å². The minimum atomic E-state index is -0.424. The van der Waals surface area contributed by atoms with Crippen LogP contribution in [0.3, 0.4) is 0 Å². The lowest BCUT2D eigenvalue weighted by atomic mass is 10.2. The van der Waals surface area contributed by atoms with E-state index in [9.17, 15) is 9.18 Å². The number of hydrogen-bond acceptors (Lipinski definition) is 3. The van der Waals surface area contributed by atoms with Crippen LogP contribution in [-0.2, 0) is 0 Å². The van der Waals surface area contributed by atoms with Crippen LogP contribution in [0, 0.1) is 5.82 Å².